The van der Waals surface area contributed by atoms with Crippen LogP contribution in [-0.2, 0) is 4.79 Å². The molecule has 0 bridgehead atoms. The van der Waals surface area contributed by atoms with Crippen molar-refractivity contribution >= 4 is 29.9 Å². The molecule has 0 amide bonds. The lowest BCUT2D eigenvalue weighted by Gasteiger charge is -1.99. The van der Waals surface area contributed by atoms with E-state index < -0.39 is 0 Å². The Morgan fingerprint density at radius 3 is 2.58 bits per heavy atom. The number of carbonyl (C=O) groups excluding carboxylic acids is 1. The highest BCUT2D eigenvalue weighted by atomic mass is 32.1. The number of benzene rings is 1. The average molecular weight is 180 g/mol. The van der Waals surface area contributed by atoms with Crippen LogP contribution in [0.15, 0.2) is 24.3 Å². The fraction of sp³-hybridized carbons (Fsp3) is 0. The van der Waals surface area contributed by atoms with Gasteiger partial charge in [-0.3, -0.25) is 4.79 Å². The number of anilines is 1. The van der Waals surface area contributed by atoms with Gasteiger partial charge in [-0.05, 0) is 24.3 Å². The summed E-state index contributed by atoms with van der Waals surface area (Å²) in [7, 11) is 0. The maximum Gasteiger partial charge on any atom is 0.298 e. The van der Waals surface area contributed by atoms with Crippen molar-refractivity contribution in [3.05, 3.63) is 24.3 Å². The third-order valence-electron chi connectivity index (χ3n) is 1.23. The molecule has 0 aliphatic rings. The number of ether oxygens (including phenoxy) is 1. The summed E-state index contributed by atoms with van der Waals surface area (Å²) in [5, 5.41) is 2.70. The Hall–Kier alpha value is -1.42. The molecule has 0 fully saturated rings. The second-order valence-electron chi connectivity index (χ2n) is 1.97. The number of nitrogens with one attached hydrogen (secondary N) is 1. The summed E-state index contributed by atoms with van der Waals surface area (Å²) >= 11 is 4.47. The summed E-state index contributed by atoms with van der Waals surface area (Å²) in [6.45, 7) is 0.383. The second-order valence-corrected chi connectivity index (χ2v) is 2.17. The van der Waals surface area contributed by atoms with Gasteiger partial charge in [-0.2, -0.15) is 0 Å². The van der Waals surface area contributed by atoms with E-state index >= 15 is 0 Å². The van der Waals surface area contributed by atoms with E-state index in [0.717, 1.165) is 5.69 Å². The Kier molecular flexibility index (Phi) is 3.22. The first-order valence-electron chi connectivity index (χ1n) is 3.20. The Morgan fingerprint density at radius 1 is 1.42 bits per heavy atom. The lowest BCUT2D eigenvalue weighted by atomic mass is 10.3. The standard InChI is InChI=1S/C8H6NO2S/c10-6-11-8-3-1-7(2-4-8)9-5-12/h1-4,6H,(H,9,12). The minimum Gasteiger partial charge on any atom is -0.429 e. The summed E-state index contributed by atoms with van der Waals surface area (Å²) < 4.78 is 4.58. The normalized spacial score (nSPS) is 8.67. The quantitative estimate of drug-likeness (QED) is 0.432. The highest BCUT2D eigenvalue weighted by Crippen LogP contribution is 2.14. The summed E-state index contributed by atoms with van der Waals surface area (Å²) in [5.74, 6) is 0.500. The minimum atomic E-state index is 0.383. The van der Waals surface area contributed by atoms with Gasteiger partial charge >= 0.3 is 0 Å². The van der Waals surface area contributed by atoms with Crippen molar-refractivity contribution < 1.29 is 9.53 Å². The molecule has 0 unspecified atom stereocenters. The van der Waals surface area contributed by atoms with E-state index in [4.69, 9.17) is 0 Å². The van der Waals surface area contributed by atoms with Crippen molar-refractivity contribution in [3.63, 3.8) is 0 Å². The molecule has 3 nitrogen and oxygen atoms in total. The summed E-state index contributed by atoms with van der Waals surface area (Å²) in [5.41, 5.74) is 3.17. The smallest absolute Gasteiger partial charge is 0.298 e. The highest BCUT2D eigenvalue weighted by molar-refractivity contribution is 7.79. The summed E-state index contributed by atoms with van der Waals surface area (Å²) in [4.78, 5) is 9.92. The Bertz CT molecular complexity index is 242. The molecular weight excluding hydrogens is 174 g/mol. The third-order valence-corrected chi connectivity index (χ3v) is 1.34. The molecule has 0 atom stereocenters. The fourth-order valence-electron chi connectivity index (χ4n) is 0.731. The zero-order valence-corrected chi connectivity index (χ0v) is 6.93. The van der Waals surface area contributed by atoms with Gasteiger partial charge in [-0.15, -0.1) is 0 Å². The topological polar surface area (TPSA) is 38.3 Å². The molecule has 0 spiro atoms. The Labute approximate surface area is 75.3 Å². The number of rotatable bonds is 4. The number of carbonyl (C=O) groups is 1. The zero-order chi connectivity index (χ0) is 8.81. The van der Waals surface area contributed by atoms with Crippen LogP contribution in [0.3, 0.4) is 0 Å². The maximum absolute atomic E-state index is 9.92. The molecule has 0 aromatic heterocycles. The van der Waals surface area contributed by atoms with Gasteiger partial charge in [0.2, 0.25) is 0 Å². The summed E-state index contributed by atoms with van der Waals surface area (Å²) in [6, 6.07) is 6.78. The van der Waals surface area contributed by atoms with Crippen LogP contribution < -0.4 is 10.1 Å². The van der Waals surface area contributed by atoms with E-state index in [1.807, 2.05) is 0 Å². The van der Waals surface area contributed by atoms with Crippen LogP contribution in [0.2, 0.25) is 0 Å². The predicted octanol–water partition coefficient (Wildman–Crippen LogP) is 1.47. The van der Waals surface area contributed by atoms with Crippen LogP contribution in [0.1, 0.15) is 0 Å². The molecule has 0 heterocycles. The lowest BCUT2D eigenvalue weighted by Crippen LogP contribution is -1.92. The van der Waals surface area contributed by atoms with Gasteiger partial charge in [0.25, 0.3) is 6.47 Å². The Balaban J connectivity index is 2.70. The molecule has 1 rings (SSSR count). The van der Waals surface area contributed by atoms with E-state index in [9.17, 15) is 4.79 Å². The molecule has 0 saturated heterocycles. The SMILES string of the molecule is O=COc1ccc(N[C]=S)cc1. The monoisotopic (exact) mass is 180 g/mol. The van der Waals surface area contributed by atoms with Crippen LogP contribution in [0.4, 0.5) is 5.69 Å². The minimum absolute atomic E-state index is 0.383. The molecule has 1 radical (unpaired) electrons. The second kappa shape index (κ2) is 4.46. The first kappa shape index (κ1) is 8.67. The van der Waals surface area contributed by atoms with E-state index in [-0.39, 0.29) is 0 Å². The van der Waals surface area contributed by atoms with Gasteiger partial charge in [0.15, 0.2) is 0 Å². The van der Waals surface area contributed by atoms with Crippen molar-refractivity contribution in [1.29, 1.82) is 0 Å². The van der Waals surface area contributed by atoms with Crippen LogP contribution in [-0.4, -0.2) is 12.0 Å². The Morgan fingerprint density at radius 2 is 2.08 bits per heavy atom. The molecule has 4 heteroatoms. The van der Waals surface area contributed by atoms with Crippen LogP contribution in [0.5, 0.6) is 5.75 Å². The molecule has 1 aromatic rings. The van der Waals surface area contributed by atoms with Crippen molar-refractivity contribution in [2.24, 2.45) is 0 Å². The lowest BCUT2D eigenvalue weighted by molar-refractivity contribution is -0.120. The maximum atomic E-state index is 9.92. The zero-order valence-electron chi connectivity index (χ0n) is 6.11. The highest BCUT2D eigenvalue weighted by Gasteiger charge is 1.91. The van der Waals surface area contributed by atoms with Crippen LogP contribution >= 0.6 is 12.2 Å². The first-order valence-corrected chi connectivity index (χ1v) is 3.61. The number of hydrogen-bond acceptors (Lipinski definition) is 3. The van der Waals surface area contributed by atoms with Gasteiger partial charge < -0.3 is 10.1 Å². The molecule has 61 valence electrons. The molecule has 1 aromatic carbocycles. The van der Waals surface area contributed by atoms with E-state index in [1.165, 1.54) is 0 Å². The largest absolute Gasteiger partial charge is 0.429 e. The molecule has 1 N–H and O–H groups in total. The summed E-state index contributed by atoms with van der Waals surface area (Å²) in [6.07, 6.45) is 0. The van der Waals surface area contributed by atoms with Crippen LogP contribution in [0.25, 0.3) is 0 Å². The van der Waals surface area contributed by atoms with Gasteiger partial charge in [0, 0.05) is 5.69 Å². The molecule has 12 heavy (non-hydrogen) atoms. The average Bonchev–Trinajstić information content (AvgIpc) is 2.09. The number of hydrogen-bond donors (Lipinski definition) is 1. The fourth-order valence-corrected chi connectivity index (χ4v) is 0.849. The van der Waals surface area contributed by atoms with Gasteiger partial charge in [0.1, 0.15) is 11.2 Å². The van der Waals surface area contributed by atoms with Gasteiger partial charge in [-0.25, -0.2) is 0 Å². The van der Waals surface area contributed by atoms with Crippen molar-refractivity contribution in [1.82, 2.24) is 0 Å². The van der Waals surface area contributed by atoms with Gasteiger partial charge in [-0.1, -0.05) is 12.2 Å². The molecule has 0 aliphatic heterocycles. The molecule has 0 aliphatic carbocycles. The van der Waals surface area contributed by atoms with Crippen LogP contribution in [0, 0.1) is 0 Å². The molecular formula is C8H6NO2S. The van der Waals surface area contributed by atoms with Crippen molar-refractivity contribution in [2.45, 2.75) is 0 Å². The van der Waals surface area contributed by atoms with Crippen molar-refractivity contribution in [2.75, 3.05) is 5.32 Å². The predicted molar refractivity (Wildman–Crippen MR) is 49.4 cm³/mol. The van der Waals surface area contributed by atoms with Gasteiger partial charge in [0.05, 0.1) is 0 Å². The third kappa shape index (κ3) is 2.32. The number of thiocarbonyl (C=S) groups is 1. The van der Waals surface area contributed by atoms with E-state index in [2.05, 4.69) is 27.8 Å². The van der Waals surface area contributed by atoms with E-state index in [1.54, 1.807) is 24.3 Å². The molecule has 0 saturated carbocycles. The first-order chi connectivity index (χ1) is 5.86. The van der Waals surface area contributed by atoms with Crippen molar-refractivity contribution in [3.8, 4) is 5.75 Å². The van der Waals surface area contributed by atoms with E-state index in [0.29, 0.717) is 12.2 Å².